The van der Waals surface area contributed by atoms with Gasteiger partial charge in [0, 0.05) is 25.2 Å². The van der Waals surface area contributed by atoms with Crippen LogP contribution in [0, 0.1) is 0 Å². The third kappa shape index (κ3) is 10.7. The third-order valence-corrected chi connectivity index (χ3v) is 8.99. The highest BCUT2D eigenvalue weighted by Crippen LogP contribution is 2.62. The molecule has 0 saturated carbocycles. The van der Waals surface area contributed by atoms with Crippen LogP contribution in [0.25, 0.3) is 11.4 Å². The SMILES string of the molecule is O=C(OCCCCCC(F)(F)C(F)(F)C(F)(F)C(F)(F)C(F)(F)C(F)(F)F)c1ccnc(-c2cc(C(=O)OCCCCCC(F)(F)C(F)(F)C(F)(F)C(F)(F)C(F)(F)C(F)(F)F)ccn2)c1. The van der Waals surface area contributed by atoms with Crippen molar-refractivity contribution in [3.8, 4) is 11.4 Å². The molecule has 0 N–H and O–H groups in total. The number of hydrogen-bond donors (Lipinski definition) is 0. The van der Waals surface area contributed by atoms with Crippen LogP contribution in [0.5, 0.6) is 0 Å². The van der Waals surface area contributed by atoms with E-state index >= 15 is 0 Å². The normalized spacial score (nSPS) is 14.6. The van der Waals surface area contributed by atoms with Gasteiger partial charge in [-0.3, -0.25) is 9.97 Å². The number of carbonyl (C=O) groups excluding carboxylic acids is 2. The van der Waals surface area contributed by atoms with Gasteiger partial charge in [0.1, 0.15) is 0 Å². The molecular formula is C34H26F26N2O4. The molecule has 0 aliphatic heterocycles. The minimum absolute atomic E-state index is 0.208. The van der Waals surface area contributed by atoms with E-state index in [1.54, 1.807) is 0 Å². The number of esters is 2. The number of ether oxygens (including phenoxy) is 2. The number of rotatable bonds is 23. The molecule has 0 amide bonds. The van der Waals surface area contributed by atoms with E-state index in [1.807, 2.05) is 0 Å². The molecule has 66 heavy (non-hydrogen) atoms. The van der Waals surface area contributed by atoms with Gasteiger partial charge in [-0.1, -0.05) is 0 Å². The van der Waals surface area contributed by atoms with E-state index in [-0.39, 0.29) is 22.5 Å². The first-order chi connectivity index (χ1) is 29.4. The van der Waals surface area contributed by atoms with E-state index in [0.717, 1.165) is 36.7 Å². The summed E-state index contributed by atoms with van der Waals surface area (Å²) < 4.78 is 354. The highest BCUT2D eigenvalue weighted by Gasteiger charge is 2.92. The van der Waals surface area contributed by atoms with Crippen LogP contribution in [-0.2, 0) is 9.47 Å². The smallest absolute Gasteiger partial charge is 0.460 e. The Balaban J connectivity index is 1.94. The van der Waals surface area contributed by atoms with Crippen molar-refractivity contribution < 1.29 is 133 Å². The van der Waals surface area contributed by atoms with Gasteiger partial charge in [-0.25, -0.2) is 9.59 Å². The summed E-state index contributed by atoms with van der Waals surface area (Å²) in [7, 11) is 0. The van der Waals surface area contributed by atoms with E-state index < -0.39 is 148 Å². The van der Waals surface area contributed by atoms with Crippen molar-refractivity contribution in [2.24, 2.45) is 0 Å². The quantitative estimate of drug-likeness (QED) is 0.0627. The molecule has 0 atom stereocenters. The number of pyridine rings is 2. The number of halogens is 26. The Kier molecular flexibility index (Phi) is 16.7. The van der Waals surface area contributed by atoms with Gasteiger partial charge in [0.15, 0.2) is 0 Å². The Morgan fingerprint density at radius 3 is 0.924 bits per heavy atom. The molecule has 32 heteroatoms. The van der Waals surface area contributed by atoms with Crippen molar-refractivity contribution in [2.75, 3.05) is 13.2 Å². The van der Waals surface area contributed by atoms with Gasteiger partial charge in [0.2, 0.25) is 0 Å². The third-order valence-electron chi connectivity index (χ3n) is 8.99. The van der Waals surface area contributed by atoms with E-state index in [2.05, 4.69) is 9.97 Å². The Bertz CT molecular complexity index is 1840. The Hall–Kier alpha value is -4.58. The summed E-state index contributed by atoms with van der Waals surface area (Å²) >= 11 is 0. The first-order valence-electron chi connectivity index (χ1n) is 17.6. The maximum Gasteiger partial charge on any atom is 0.460 e. The number of carbonyl (C=O) groups is 2. The van der Waals surface area contributed by atoms with E-state index in [4.69, 9.17) is 9.47 Å². The van der Waals surface area contributed by atoms with Crippen LogP contribution in [-0.4, -0.2) is 107 Å². The second-order valence-electron chi connectivity index (χ2n) is 13.8. The van der Waals surface area contributed by atoms with Crippen LogP contribution < -0.4 is 0 Å². The Morgan fingerprint density at radius 2 is 0.652 bits per heavy atom. The molecule has 0 radical (unpaired) electrons. The highest BCUT2D eigenvalue weighted by atomic mass is 19.4. The van der Waals surface area contributed by atoms with Gasteiger partial charge >= 0.3 is 83.5 Å². The fourth-order valence-corrected chi connectivity index (χ4v) is 5.06. The van der Waals surface area contributed by atoms with Crippen molar-refractivity contribution in [1.29, 1.82) is 0 Å². The molecule has 0 saturated heterocycles. The van der Waals surface area contributed by atoms with Crippen molar-refractivity contribution >= 4 is 11.9 Å². The summed E-state index contributed by atoms with van der Waals surface area (Å²) in [6.07, 6.45) is -23.3. The molecule has 0 spiro atoms. The molecule has 0 fully saturated rings. The minimum Gasteiger partial charge on any atom is -0.462 e. The largest absolute Gasteiger partial charge is 0.462 e. The summed E-state index contributed by atoms with van der Waals surface area (Å²) in [5.74, 6) is -77.6. The van der Waals surface area contributed by atoms with Crippen LogP contribution in [0.1, 0.15) is 72.1 Å². The molecule has 0 aliphatic rings. The number of alkyl halides is 26. The molecule has 2 aromatic heterocycles. The molecule has 0 aliphatic carbocycles. The van der Waals surface area contributed by atoms with Crippen LogP contribution in [0.2, 0.25) is 0 Å². The van der Waals surface area contributed by atoms with Crippen molar-refractivity contribution in [3.05, 3.63) is 47.8 Å². The van der Waals surface area contributed by atoms with Crippen molar-refractivity contribution in [3.63, 3.8) is 0 Å². The summed E-state index contributed by atoms with van der Waals surface area (Å²) in [6.45, 7) is -1.50. The minimum atomic E-state index is -8.05. The molecule has 6 nitrogen and oxygen atoms in total. The fraction of sp³-hybridized carbons (Fsp3) is 0.647. The molecule has 2 aromatic rings. The standard InChI is InChI=1S/C34H26F26N2O4/c35-23(36,25(39,40)27(43,44)29(47,48)31(51,52)33(55,56)57)9-3-1-5-13-65-21(63)17-7-11-61-19(15-17)20-16-18(8-12-62-20)22(64)66-14-6-2-4-10-24(37,38)26(41,42)28(45,46)30(49,50)32(53,54)34(58,59)60/h7-8,11-12,15-16H,1-6,9-10,13-14H2. The molecule has 0 unspecified atom stereocenters. The van der Waals surface area contributed by atoms with Crippen LogP contribution in [0.4, 0.5) is 114 Å². The zero-order valence-electron chi connectivity index (χ0n) is 31.9. The number of hydrogen-bond acceptors (Lipinski definition) is 6. The van der Waals surface area contributed by atoms with Gasteiger partial charge in [-0.15, -0.1) is 0 Å². The number of aromatic nitrogens is 2. The fourth-order valence-electron chi connectivity index (χ4n) is 5.06. The monoisotopic (exact) mass is 1020 g/mol. The Morgan fingerprint density at radius 1 is 0.379 bits per heavy atom. The van der Waals surface area contributed by atoms with E-state index in [1.165, 1.54) is 0 Å². The topological polar surface area (TPSA) is 78.4 Å². The average molecular weight is 1020 g/mol. The first kappa shape index (κ1) is 57.5. The molecule has 2 heterocycles. The lowest BCUT2D eigenvalue weighted by atomic mass is 9.91. The maximum atomic E-state index is 14.0. The molecule has 0 aromatic carbocycles. The Labute approximate surface area is 351 Å². The van der Waals surface area contributed by atoms with Crippen LogP contribution >= 0.6 is 0 Å². The molecule has 378 valence electrons. The predicted octanol–water partition coefficient (Wildman–Crippen LogP) is 13.1. The van der Waals surface area contributed by atoms with Crippen molar-refractivity contribution in [1.82, 2.24) is 9.97 Å². The van der Waals surface area contributed by atoms with Gasteiger partial charge in [0.25, 0.3) is 0 Å². The molecule has 2 rings (SSSR count). The predicted molar refractivity (Wildman–Crippen MR) is 167 cm³/mol. The van der Waals surface area contributed by atoms with Gasteiger partial charge in [-0.2, -0.15) is 114 Å². The average Bonchev–Trinajstić information content (AvgIpc) is 3.18. The van der Waals surface area contributed by atoms with Crippen LogP contribution in [0.15, 0.2) is 36.7 Å². The first-order valence-corrected chi connectivity index (χ1v) is 17.6. The summed E-state index contributed by atoms with van der Waals surface area (Å²) in [5.41, 5.74) is -1.14. The summed E-state index contributed by atoms with van der Waals surface area (Å²) in [6, 6.07) is 3.90. The lowest BCUT2D eigenvalue weighted by molar-refractivity contribution is -0.440. The molecular weight excluding hydrogens is 994 g/mol. The molecule has 0 bridgehead atoms. The number of nitrogens with zero attached hydrogens (tertiary/aromatic N) is 2. The number of unbranched alkanes of at least 4 members (excludes halogenated alkanes) is 4. The van der Waals surface area contributed by atoms with Gasteiger partial charge in [0.05, 0.1) is 35.7 Å². The second kappa shape index (κ2) is 19.2. The van der Waals surface area contributed by atoms with Gasteiger partial charge in [-0.05, 0) is 62.8 Å². The maximum absolute atomic E-state index is 14.0. The summed E-state index contributed by atoms with van der Waals surface area (Å²) in [5, 5.41) is 0. The van der Waals surface area contributed by atoms with E-state index in [9.17, 15) is 124 Å². The van der Waals surface area contributed by atoms with Gasteiger partial charge < -0.3 is 9.47 Å². The zero-order chi connectivity index (χ0) is 51.6. The lowest BCUT2D eigenvalue weighted by Crippen LogP contribution is -2.70. The van der Waals surface area contributed by atoms with Crippen molar-refractivity contribution in [2.45, 2.75) is 123 Å². The zero-order valence-corrected chi connectivity index (χ0v) is 31.9. The van der Waals surface area contributed by atoms with E-state index in [0.29, 0.717) is 0 Å². The lowest BCUT2D eigenvalue weighted by Gasteiger charge is -2.39. The second-order valence-corrected chi connectivity index (χ2v) is 13.8. The van der Waals surface area contributed by atoms with Crippen LogP contribution in [0.3, 0.4) is 0 Å². The highest BCUT2D eigenvalue weighted by molar-refractivity contribution is 5.92. The summed E-state index contributed by atoms with van der Waals surface area (Å²) in [4.78, 5) is 32.6.